The van der Waals surface area contributed by atoms with Crippen LogP contribution in [-0.2, 0) is 6.54 Å². The van der Waals surface area contributed by atoms with E-state index in [9.17, 15) is 0 Å². The zero-order valence-electron chi connectivity index (χ0n) is 8.68. The molecule has 17 heavy (non-hydrogen) atoms. The first kappa shape index (κ1) is 12.8. The molecule has 2 aromatic rings. The number of hydrogen-bond donors (Lipinski definition) is 0. The normalized spacial score (nSPS) is 8.53. The summed E-state index contributed by atoms with van der Waals surface area (Å²) >= 11 is 5.54. The van der Waals surface area contributed by atoms with Crippen molar-refractivity contribution in [2.45, 2.75) is 6.54 Å². The highest BCUT2D eigenvalue weighted by Gasteiger charge is 1.93. The number of hydrogen-bond acceptors (Lipinski definition) is 5. The molecule has 0 unspecified atom stereocenters. The molecule has 0 N–H and O–H groups in total. The van der Waals surface area contributed by atoms with Gasteiger partial charge in [0.15, 0.2) is 0 Å². The highest BCUT2D eigenvalue weighted by atomic mass is 35.5. The molecule has 7 nitrogen and oxygen atoms in total. The van der Waals surface area contributed by atoms with Crippen molar-refractivity contribution in [1.29, 1.82) is 0 Å². The maximum atomic E-state index is 7.97. The molecule has 8 heteroatoms. The maximum Gasteiger partial charge on any atom is 0.135 e. The molecule has 0 aliphatic carbocycles. The summed E-state index contributed by atoms with van der Waals surface area (Å²) in [5.74, 6) is 0.426. The third kappa shape index (κ3) is 6.03. The number of aromatic nitrogens is 4. The summed E-state index contributed by atoms with van der Waals surface area (Å²) in [4.78, 5) is 17.5. The van der Waals surface area contributed by atoms with E-state index in [0.717, 1.165) is 0 Å². The molecule has 0 fully saturated rings. The molecular weight excluding hydrogens is 242 g/mol. The molecule has 0 atom stereocenters. The van der Waals surface area contributed by atoms with Crippen molar-refractivity contribution in [3.05, 3.63) is 58.5 Å². The lowest BCUT2D eigenvalue weighted by atomic mass is 10.5. The Morgan fingerprint density at radius 2 is 2.06 bits per heavy atom. The van der Waals surface area contributed by atoms with Crippen LogP contribution in [0.25, 0.3) is 10.4 Å². The van der Waals surface area contributed by atoms with Gasteiger partial charge in [0.25, 0.3) is 0 Å². The van der Waals surface area contributed by atoms with Crippen molar-refractivity contribution in [2.75, 3.05) is 0 Å². The Balaban J connectivity index is 0.000000202. The van der Waals surface area contributed by atoms with Gasteiger partial charge in [-0.15, -0.1) is 0 Å². The van der Waals surface area contributed by atoms with Crippen LogP contribution in [0, 0.1) is 0 Å². The summed E-state index contributed by atoms with van der Waals surface area (Å²) in [5.41, 5.74) is 7.97. The highest BCUT2D eigenvalue weighted by Crippen LogP contribution is 2.02. The molecule has 0 aromatic carbocycles. The first-order valence-corrected chi connectivity index (χ1v) is 4.89. The molecule has 2 rings (SSSR count). The van der Waals surface area contributed by atoms with Gasteiger partial charge in [0.2, 0.25) is 0 Å². The van der Waals surface area contributed by atoms with Crippen molar-refractivity contribution < 1.29 is 0 Å². The van der Waals surface area contributed by atoms with Crippen molar-refractivity contribution >= 4 is 11.6 Å². The minimum atomic E-state index is 0.136. The van der Waals surface area contributed by atoms with Crippen molar-refractivity contribution in [2.24, 2.45) is 5.11 Å². The first-order chi connectivity index (χ1) is 8.33. The minimum Gasteiger partial charge on any atom is -0.245 e. The monoisotopic (exact) mass is 249 g/mol. The largest absolute Gasteiger partial charge is 0.245 e. The average Bonchev–Trinajstić information content (AvgIpc) is 2.39. The predicted molar refractivity (Wildman–Crippen MR) is 61.9 cm³/mol. The second-order valence-electron chi connectivity index (χ2n) is 2.59. The van der Waals surface area contributed by atoms with Gasteiger partial charge in [0.1, 0.15) is 17.3 Å². The van der Waals surface area contributed by atoms with Crippen LogP contribution in [0.5, 0.6) is 0 Å². The standard InChI is InChI=1S/C5H4ClN5.C4H4N2/c6-4-1-2-8-5(10-4)3-9-11-7;1-2-5-4-6-3-1/h1-2H,3H2;1-4H. The summed E-state index contributed by atoms with van der Waals surface area (Å²) in [6.45, 7) is 0.136. The summed E-state index contributed by atoms with van der Waals surface area (Å²) < 4.78 is 0. The van der Waals surface area contributed by atoms with Gasteiger partial charge in [0, 0.05) is 23.5 Å². The fraction of sp³-hybridized carbons (Fsp3) is 0.111. The van der Waals surface area contributed by atoms with Crippen molar-refractivity contribution in [3.8, 4) is 0 Å². The summed E-state index contributed by atoms with van der Waals surface area (Å²) in [6.07, 6.45) is 6.39. The van der Waals surface area contributed by atoms with E-state index in [1.54, 1.807) is 24.5 Å². The van der Waals surface area contributed by atoms with Gasteiger partial charge in [0.05, 0.1) is 6.54 Å². The van der Waals surface area contributed by atoms with Crippen LogP contribution in [0.2, 0.25) is 5.15 Å². The molecular formula is C9H8ClN7. The quantitative estimate of drug-likeness (QED) is 0.353. The molecule has 86 valence electrons. The Morgan fingerprint density at radius 3 is 2.53 bits per heavy atom. The van der Waals surface area contributed by atoms with E-state index in [1.807, 2.05) is 0 Å². The lowest BCUT2D eigenvalue weighted by Crippen LogP contribution is -1.90. The van der Waals surface area contributed by atoms with E-state index in [2.05, 4.69) is 30.0 Å². The molecule has 0 saturated carbocycles. The Kier molecular flexibility index (Phi) is 6.02. The van der Waals surface area contributed by atoms with E-state index in [0.29, 0.717) is 11.0 Å². The number of nitrogens with zero attached hydrogens (tertiary/aromatic N) is 7. The van der Waals surface area contributed by atoms with Crippen LogP contribution >= 0.6 is 11.6 Å². The smallest absolute Gasteiger partial charge is 0.135 e. The summed E-state index contributed by atoms with van der Waals surface area (Å²) in [6, 6.07) is 3.33. The molecule has 0 spiro atoms. The van der Waals surface area contributed by atoms with Crippen LogP contribution in [-0.4, -0.2) is 19.9 Å². The zero-order valence-corrected chi connectivity index (χ0v) is 9.44. The SMILES string of the molecule is [N-]=[N+]=NCc1nccc(Cl)n1.c1cncnc1. The number of rotatable bonds is 2. The topological polar surface area (TPSA) is 100 Å². The Bertz CT molecular complexity index is 457. The molecule has 0 aliphatic rings. The van der Waals surface area contributed by atoms with Gasteiger partial charge >= 0.3 is 0 Å². The van der Waals surface area contributed by atoms with Gasteiger partial charge < -0.3 is 0 Å². The molecule has 2 aromatic heterocycles. The van der Waals surface area contributed by atoms with Crippen LogP contribution in [0.15, 0.2) is 42.2 Å². The minimum absolute atomic E-state index is 0.136. The highest BCUT2D eigenvalue weighted by molar-refractivity contribution is 6.29. The number of halogens is 1. The van der Waals surface area contributed by atoms with E-state index >= 15 is 0 Å². The van der Waals surface area contributed by atoms with Crippen molar-refractivity contribution in [1.82, 2.24) is 19.9 Å². The van der Waals surface area contributed by atoms with Crippen LogP contribution in [0.3, 0.4) is 0 Å². The fourth-order valence-corrected chi connectivity index (χ4v) is 0.953. The van der Waals surface area contributed by atoms with Crippen LogP contribution in [0.4, 0.5) is 0 Å². The molecule has 2 heterocycles. The molecule has 0 aliphatic heterocycles. The summed E-state index contributed by atoms with van der Waals surface area (Å²) in [7, 11) is 0. The second-order valence-corrected chi connectivity index (χ2v) is 2.98. The van der Waals surface area contributed by atoms with Gasteiger partial charge in [-0.1, -0.05) is 16.7 Å². The Labute approximate surface area is 102 Å². The van der Waals surface area contributed by atoms with Crippen molar-refractivity contribution in [3.63, 3.8) is 0 Å². The van der Waals surface area contributed by atoms with E-state index < -0.39 is 0 Å². The predicted octanol–water partition coefficient (Wildman–Crippen LogP) is 2.42. The molecule has 0 saturated heterocycles. The Hall–Kier alpha value is -2.24. The zero-order chi connectivity index (χ0) is 12.3. The first-order valence-electron chi connectivity index (χ1n) is 4.51. The molecule has 0 bridgehead atoms. The van der Waals surface area contributed by atoms with E-state index in [1.165, 1.54) is 12.5 Å². The maximum absolute atomic E-state index is 7.97. The van der Waals surface area contributed by atoms with Crippen LogP contribution < -0.4 is 0 Å². The fourth-order valence-electron chi connectivity index (χ4n) is 0.799. The molecule has 0 amide bonds. The van der Waals surface area contributed by atoms with E-state index in [4.69, 9.17) is 17.1 Å². The van der Waals surface area contributed by atoms with Crippen LogP contribution in [0.1, 0.15) is 5.82 Å². The second kappa shape index (κ2) is 7.98. The van der Waals surface area contributed by atoms with Gasteiger partial charge in [-0.05, 0) is 17.7 Å². The third-order valence-electron chi connectivity index (χ3n) is 1.42. The van der Waals surface area contributed by atoms with E-state index in [-0.39, 0.29) is 6.54 Å². The third-order valence-corrected chi connectivity index (χ3v) is 1.63. The lowest BCUT2D eigenvalue weighted by Gasteiger charge is -1.92. The van der Waals surface area contributed by atoms with Gasteiger partial charge in [-0.25, -0.2) is 19.9 Å². The van der Waals surface area contributed by atoms with Gasteiger partial charge in [-0.3, -0.25) is 0 Å². The lowest BCUT2D eigenvalue weighted by molar-refractivity contribution is 0.900. The Morgan fingerprint density at radius 1 is 1.29 bits per heavy atom. The van der Waals surface area contributed by atoms with Gasteiger partial charge in [-0.2, -0.15) is 0 Å². The average molecular weight is 250 g/mol. The summed E-state index contributed by atoms with van der Waals surface area (Å²) in [5, 5.41) is 3.63. The molecule has 0 radical (unpaired) electrons. The number of azide groups is 1.